The zero-order chi connectivity index (χ0) is 26.1. The van der Waals surface area contributed by atoms with Crippen LogP contribution in [0.3, 0.4) is 0 Å². The lowest BCUT2D eigenvalue weighted by Gasteiger charge is -2.18. The van der Waals surface area contributed by atoms with Crippen LogP contribution in [-0.2, 0) is 32.7 Å². The number of aromatic nitrogens is 4. The van der Waals surface area contributed by atoms with Crippen LogP contribution in [0.5, 0.6) is 0 Å². The van der Waals surface area contributed by atoms with Gasteiger partial charge in [-0.15, -0.1) is 0 Å². The van der Waals surface area contributed by atoms with Crippen LogP contribution in [0.2, 0.25) is 0 Å². The summed E-state index contributed by atoms with van der Waals surface area (Å²) in [4.78, 5) is 22.7. The molecule has 0 unspecified atom stereocenters. The number of fused-ring (bicyclic) bond motifs is 3. The highest BCUT2D eigenvalue weighted by Crippen LogP contribution is 2.35. The molecule has 1 aliphatic rings. The number of nitrogens with one attached hydrogen (secondary N) is 2. The van der Waals surface area contributed by atoms with Gasteiger partial charge in [0, 0.05) is 29.0 Å². The van der Waals surface area contributed by atoms with E-state index in [0.29, 0.717) is 35.7 Å². The fourth-order valence-corrected chi connectivity index (χ4v) is 5.17. The van der Waals surface area contributed by atoms with Crippen molar-refractivity contribution in [1.29, 1.82) is 5.26 Å². The summed E-state index contributed by atoms with van der Waals surface area (Å²) < 4.78 is 2.55. The van der Waals surface area contributed by atoms with Gasteiger partial charge in [0.15, 0.2) is 5.69 Å². The standard InChI is InChI=1S/C28H26BrN7O/c1-4-16-7-6-8-17(5-2)23(16)33-27(37)25-21-11-9-18-15-31-28(34-24(18)26(21)36(3)35-25)32-22-12-10-20(29)13-19(22)14-30/h6-8,10,12-13,15H,4-5,9,11H2,1-3H3,(H,33,37)(H,31,32,34). The van der Waals surface area contributed by atoms with Crippen LogP contribution in [0.1, 0.15) is 52.2 Å². The number of amides is 1. The largest absolute Gasteiger partial charge is 0.323 e. The molecule has 0 radical (unpaired) electrons. The molecule has 9 heteroatoms. The Balaban J connectivity index is 1.50. The van der Waals surface area contributed by atoms with E-state index in [2.05, 4.69) is 56.6 Å². The maximum Gasteiger partial charge on any atom is 0.276 e. The third-order valence-electron chi connectivity index (χ3n) is 6.68. The van der Waals surface area contributed by atoms with Crippen molar-refractivity contribution in [2.24, 2.45) is 7.05 Å². The summed E-state index contributed by atoms with van der Waals surface area (Å²) in [5, 5.41) is 20.4. The van der Waals surface area contributed by atoms with E-state index in [1.807, 2.05) is 37.4 Å². The monoisotopic (exact) mass is 555 g/mol. The summed E-state index contributed by atoms with van der Waals surface area (Å²) in [6, 6.07) is 13.7. The predicted molar refractivity (Wildman–Crippen MR) is 147 cm³/mol. The molecular weight excluding hydrogens is 530 g/mol. The van der Waals surface area contributed by atoms with Crippen molar-refractivity contribution in [3.05, 3.63) is 80.6 Å². The normalized spacial score (nSPS) is 11.9. The van der Waals surface area contributed by atoms with Crippen LogP contribution < -0.4 is 10.6 Å². The smallest absolute Gasteiger partial charge is 0.276 e. The van der Waals surface area contributed by atoms with Crippen molar-refractivity contribution in [3.63, 3.8) is 0 Å². The zero-order valence-electron chi connectivity index (χ0n) is 20.9. The minimum atomic E-state index is -0.211. The van der Waals surface area contributed by atoms with Crippen molar-refractivity contribution in [2.75, 3.05) is 10.6 Å². The van der Waals surface area contributed by atoms with Gasteiger partial charge in [0.2, 0.25) is 5.95 Å². The second kappa shape index (κ2) is 10.1. The van der Waals surface area contributed by atoms with Gasteiger partial charge in [-0.2, -0.15) is 10.4 Å². The fourth-order valence-electron chi connectivity index (χ4n) is 4.81. The van der Waals surface area contributed by atoms with Crippen LogP contribution in [0.15, 0.2) is 47.1 Å². The van der Waals surface area contributed by atoms with Crippen molar-refractivity contribution in [1.82, 2.24) is 19.7 Å². The highest BCUT2D eigenvalue weighted by Gasteiger charge is 2.29. The van der Waals surface area contributed by atoms with Gasteiger partial charge in [0.05, 0.1) is 22.6 Å². The molecule has 0 bridgehead atoms. The molecule has 5 rings (SSSR count). The highest BCUT2D eigenvalue weighted by atomic mass is 79.9. The first-order valence-electron chi connectivity index (χ1n) is 12.2. The minimum Gasteiger partial charge on any atom is -0.323 e. The molecule has 2 aromatic heterocycles. The lowest BCUT2D eigenvalue weighted by Crippen LogP contribution is -2.18. The molecular formula is C28H26BrN7O. The summed E-state index contributed by atoms with van der Waals surface area (Å²) >= 11 is 3.40. The van der Waals surface area contributed by atoms with Gasteiger partial charge in [-0.25, -0.2) is 9.97 Å². The molecule has 2 N–H and O–H groups in total. The summed E-state index contributed by atoms with van der Waals surface area (Å²) in [5.41, 5.74) is 8.04. The van der Waals surface area contributed by atoms with Gasteiger partial charge in [-0.1, -0.05) is 48.0 Å². The van der Waals surface area contributed by atoms with Gasteiger partial charge in [0.1, 0.15) is 6.07 Å². The fraction of sp³-hybridized carbons (Fsp3) is 0.250. The molecule has 0 saturated heterocycles. The molecule has 0 saturated carbocycles. The Labute approximate surface area is 223 Å². The van der Waals surface area contributed by atoms with E-state index in [9.17, 15) is 10.1 Å². The summed E-state index contributed by atoms with van der Waals surface area (Å²) in [5.74, 6) is 0.166. The molecule has 2 heterocycles. The van der Waals surface area contributed by atoms with E-state index in [-0.39, 0.29) is 5.91 Å². The van der Waals surface area contributed by atoms with Crippen LogP contribution in [-0.4, -0.2) is 25.7 Å². The van der Waals surface area contributed by atoms with Gasteiger partial charge in [0.25, 0.3) is 5.91 Å². The molecule has 0 spiro atoms. The molecule has 0 aliphatic heterocycles. The number of halogens is 1. The Morgan fingerprint density at radius 3 is 2.62 bits per heavy atom. The Kier molecular flexibility index (Phi) is 6.76. The lowest BCUT2D eigenvalue weighted by molar-refractivity contribution is 0.102. The zero-order valence-corrected chi connectivity index (χ0v) is 22.5. The average molecular weight is 556 g/mol. The molecule has 0 atom stereocenters. The van der Waals surface area contributed by atoms with E-state index < -0.39 is 0 Å². The number of rotatable bonds is 6. The van der Waals surface area contributed by atoms with E-state index in [0.717, 1.165) is 56.6 Å². The van der Waals surface area contributed by atoms with Crippen molar-refractivity contribution >= 4 is 39.2 Å². The number of carbonyl (C=O) groups is 1. The molecule has 186 valence electrons. The summed E-state index contributed by atoms with van der Waals surface area (Å²) in [6.45, 7) is 4.17. The maximum absolute atomic E-state index is 13.5. The Bertz CT molecular complexity index is 1550. The summed E-state index contributed by atoms with van der Waals surface area (Å²) in [6.07, 6.45) is 4.85. The number of hydrogen-bond donors (Lipinski definition) is 2. The average Bonchev–Trinajstić information content (AvgIpc) is 3.26. The van der Waals surface area contributed by atoms with Gasteiger partial charge in [-0.05, 0) is 60.6 Å². The Hall–Kier alpha value is -4.03. The number of nitriles is 1. The van der Waals surface area contributed by atoms with E-state index in [1.54, 1.807) is 16.9 Å². The Morgan fingerprint density at radius 2 is 1.92 bits per heavy atom. The van der Waals surface area contributed by atoms with Crippen LogP contribution >= 0.6 is 15.9 Å². The second-order valence-corrected chi connectivity index (χ2v) is 9.82. The molecule has 2 aromatic carbocycles. The third kappa shape index (κ3) is 4.60. The third-order valence-corrected chi connectivity index (χ3v) is 7.17. The minimum absolute atomic E-state index is 0.211. The molecule has 0 fully saturated rings. The number of carbonyl (C=O) groups excluding carboxylic acids is 1. The quantitative estimate of drug-likeness (QED) is 0.314. The van der Waals surface area contributed by atoms with Gasteiger partial charge < -0.3 is 10.6 Å². The van der Waals surface area contributed by atoms with Crippen LogP contribution in [0.4, 0.5) is 17.3 Å². The molecule has 8 nitrogen and oxygen atoms in total. The van der Waals surface area contributed by atoms with Gasteiger partial charge >= 0.3 is 0 Å². The van der Waals surface area contributed by atoms with Crippen molar-refractivity contribution in [3.8, 4) is 17.5 Å². The Morgan fingerprint density at radius 1 is 1.16 bits per heavy atom. The number of nitrogens with zero attached hydrogens (tertiary/aromatic N) is 5. The molecule has 1 amide bonds. The SMILES string of the molecule is CCc1cccc(CC)c1NC(=O)c1nn(C)c2c1CCc1cnc(Nc3ccc(Br)cc3C#N)nc1-2. The van der Waals surface area contributed by atoms with Crippen molar-refractivity contribution < 1.29 is 4.79 Å². The number of hydrogen-bond acceptors (Lipinski definition) is 6. The highest BCUT2D eigenvalue weighted by molar-refractivity contribution is 9.10. The number of anilines is 3. The number of benzene rings is 2. The van der Waals surface area contributed by atoms with Gasteiger partial charge in [-0.3, -0.25) is 9.48 Å². The number of para-hydroxylation sites is 1. The van der Waals surface area contributed by atoms with E-state index in [4.69, 9.17) is 4.98 Å². The lowest BCUT2D eigenvalue weighted by atomic mass is 9.93. The number of aryl methyl sites for hydroxylation is 4. The molecule has 4 aromatic rings. The summed E-state index contributed by atoms with van der Waals surface area (Å²) in [7, 11) is 1.83. The molecule has 1 aliphatic carbocycles. The van der Waals surface area contributed by atoms with E-state index in [1.165, 1.54) is 0 Å². The van der Waals surface area contributed by atoms with Crippen LogP contribution in [0.25, 0.3) is 11.4 Å². The van der Waals surface area contributed by atoms with Crippen LogP contribution in [0, 0.1) is 11.3 Å². The second-order valence-electron chi connectivity index (χ2n) is 8.91. The predicted octanol–water partition coefficient (Wildman–Crippen LogP) is 5.73. The molecule has 37 heavy (non-hydrogen) atoms. The van der Waals surface area contributed by atoms with Crippen molar-refractivity contribution in [2.45, 2.75) is 39.5 Å². The first-order valence-corrected chi connectivity index (χ1v) is 13.0. The maximum atomic E-state index is 13.5. The topological polar surface area (TPSA) is 109 Å². The first kappa shape index (κ1) is 24.7. The first-order chi connectivity index (χ1) is 17.9. The van der Waals surface area contributed by atoms with E-state index >= 15 is 0 Å².